The molecule has 2 aromatic rings. The van der Waals surface area contributed by atoms with E-state index in [1.54, 1.807) is 4.90 Å². The van der Waals surface area contributed by atoms with Crippen molar-refractivity contribution in [2.24, 2.45) is 0 Å². The molecule has 7 nitrogen and oxygen atoms in total. The number of halogens is 3. The summed E-state index contributed by atoms with van der Waals surface area (Å²) >= 11 is 0. The first kappa shape index (κ1) is 27.3. The van der Waals surface area contributed by atoms with Crippen molar-refractivity contribution in [2.75, 3.05) is 38.2 Å². The van der Waals surface area contributed by atoms with Gasteiger partial charge in [-0.15, -0.1) is 13.2 Å². The van der Waals surface area contributed by atoms with Crippen LogP contribution in [-0.4, -0.2) is 62.0 Å². The smallest absolute Gasteiger partial charge is 0.406 e. The molecular weight excluding hydrogens is 475 g/mol. The molecule has 0 radical (unpaired) electrons. The summed E-state index contributed by atoms with van der Waals surface area (Å²) < 4.78 is 46.3. The fourth-order valence-corrected chi connectivity index (χ4v) is 4.05. The maximum atomic E-state index is 13.4. The molecule has 0 bridgehead atoms. The number of carbonyl (C=O) groups is 2. The van der Waals surface area contributed by atoms with Crippen LogP contribution in [0.3, 0.4) is 0 Å². The summed E-state index contributed by atoms with van der Waals surface area (Å²) in [6.07, 6.45) is -3.19. The molecule has 1 aliphatic rings. The first-order chi connectivity index (χ1) is 17.2. The van der Waals surface area contributed by atoms with Gasteiger partial charge >= 0.3 is 6.36 Å². The van der Waals surface area contributed by atoms with E-state index in [0.29, 0.717) is 45.0 Å². The SMILES string of the molecule is CCCC(CNc1ccc(OC(F)(F)F)cc1)NC(=O)C(CC(=O)N1CCOCC1)c1ccccc1. The van der Waals surface area contributed by atoms with Crippen LogP contribution in [0.4, 0.5) is 18.9 Å². The standard InChI is InChI=1S/C26H32F3N3O4/c1-2-6-21(18-30-20-9-11-22(12-10-20)36-26(27,28)29)31-25(34)23(19-7-4-3-5-8-19)17-24(33)32-13-15-35-16-14-32/h3-5,7-12,21,23,30H,2,6,13-18H2,1H3,(H,31,34). The van der Waals surface area contributed by atoms with Crippen molar-refractivity contribution in [1.82, 2.24) is 10.2 Å². The average molecular weight is 508 g/mol. The molecule has 10 heteroatoms. The molecule has 0 saturated carbocycles. The fourth-order valence-electron chi connectivity index (χ4n) is 4.05. The van der Waals surface area contributed by atoms with E-state index in [4.69, 9.17) is 4.74 Å². The van der Waals surface area contributed by atoms with Crippen molar-refractivity contribution in [3.63, 3.8) is 0 Å². The molecular formula is C26H32F3N3O4. The maximum absolute atomic E-state index is 13.4. The summed E-state index contributed by atoms with van der Waals surface area (Å²) in [5, 5.41) is 6.22. The number of rotatable bonds is 11. The van der Waals surface area contributed by atoms with Gasteiger partial charge in [0.05, 0.1) is 19.1 Å². The van der Waals surface area contributed by atoms with E-state index in [0.717, 1.165) is 12.0 Å². The average Bonchev–Trinajstić information content (AvgIpc) is 2.86. The summed E-state index contributed by atoms with van der Waals surface area (Å²) in [4.78, 5) is 28.0. The number of carbonyl (C=O) groups excluding carboxylic acids is 2. The molecule has 1 heterocycles. The number of nitrogens with zero attached hydrogens (tertiary/aromatic N) is 1. The molecule has 2 amide bonds. The highest BCUT2D eigenvalue weighted by Crippen LogP contribution is 2.25. The van der Waals surface area contributed by atoms with E-state index in [1.165, 1.54) is 24.3 Å². The molecule has 196 valence electrons. The molecule has 1 aliphatic heterocycles. The molecule has 2 atom stereocenters. The van der Waals surface area contributed by atoms with Gasteiger partial charge in [0.2, 0.25) is 11.8 Å². The highest BCUT2D eigenvalue weighted by molar-refractivity contribution is 5.90. The van der Waals surface area contributed by atoms with Gasteiger partial charge < -0.3 is 25.0 Å². The third-order valence-electron chi connectivity index (χ3n) is 5.88. The molecule has 2 aromatic carbocycles. The molecule has 2 N–H and O–H groups in total. The van der Waals surface area contributed by atoms with Gasteiger partial charge in [-0.25, -0.2) is 0 Å². The van der Waals surface area contributed by atoms with Crippen LogP contribution in [0.15, 0.2) is 54.6 Å². The van der Waals surface area contributed by atoms with Gasteiger partial charge in [0.25, 0.3) is 0 Å². The van der Waals surface area contributed by atoms with Gasteiger partial charge in [0.1, 0.15) is 5.75 Å². The minimum absolute atomic E-state index is 0.0583. The zero-order chi connectivity index (χ0) is 26.0. The monoisotopic (exact) mass is 507 g/mol. The lowest BCUT2D eigenvalue weighted by molar-refractivity contribution is -0.274. The van der Waals surface area contributed by atoms with E-state index >= 15 is 0 Å². The van der Waals surface area contributed by atoms with E-state index in [-0.39, 0.29) is 30.0 Å². The zero-order valence-corrected chi connectivity index (χ0v) is 20.2. The fraction of sp³-hybridized carbons (Fsp3) is 0.462. The van der Waals surface area contributed by atoms with Crippen molar-refractivity contribution >= 4 is 17.5 Å². The van der Waals surface area contributed by atoms with Crippen molar-refractivity contribution < 1.29 is 32.2 Å². The van der Waals surface area contributed by atoms with Crippen LogP contribution in [-0.2, 0) is 14.3 Å². The largest absolute Gasteiger partial charge is 0.573 e. The highest BCUT2D eigenvalue weighted by atomic mass is 19.4. The third-order valence-corrected chi connectivity index (χ3v) is 5.88. The lowest BCUT2D eigenvalue weighted by Gasteiger charge is -2.29. The second-order valence-electron chi connectivity index (χ2n) is 8.61. The maximum Gasteiger partial charge on any atom is 0.573 e. The van der Waals surface area contributed by atoms with Gasteiger partial charge in [-0.2, -0.15) is 0 Å². The van der Waals surface area contributed by atoms with Crippen molar-refractivity contribution in [3.8, 4) is 5.75 Å². The number of amides is 2. The molecule has 3 rings (SSSR count). The van der Waals surface area contributed by atoms with Crippen LogP contribution < -0.4 is 15.4 Å². The second kappa shape index (κ2) is 13.2. The number of hydrogen-bond acceptors (Lipinski definition) is 5. The van der Waals surface area contributed by atoms with Gasteiger partial charge in [-0.1, -0.05) is 43.7 Å². The molecule has 0 spiro atoms. The van der Waals surface area contributed by atoms with Crippen molar-refractivity contribution in [2.45, 2.75) is 44.5 Å². The van der Waals surface area contributed by atoms with Crippen molar-refractivity contribution in [1.29, 1.82) is 0 Å². The van der Waals surface area contributed by atoms with E-state index in [9.17, 15) is 22.8 Å². The van der Waals surface area contributed by atoms with Gasteiger partial charge in [0, 0.05) is 37.8 Å². The summed E-state index contributed by atoms with van der Waals surface area (Å²) in [6, 6.07) is 14.4. The number of benzene rings is 2. The molecule has 1 fully saturated rings. The van der Waals surface area contributed by atoms with Crippen LogP contribution in [0.25, 0.3) is 0 Å². The van der Waals surface area contributed by atoms with E-state index < -0.39 is 12.3 Å². The van der Waals surface area contributed by atoms with Gasteiger partial charge in [-0.05, 0) is 36.2 Å². The number of ether oxygens (including phenoxy) is 2. The molecule has 36 heavy (non-hydrogen) atoms. The summed E-state index contributed by atoms with van der Waals surface area (Å²) in [5.41, 5.74) is 1.36. The highest BCUT2D eigenvalue weighted by Gasteiger charge is 2.31. The zero-order valence-electron chi connectivity index (χ0n) is 20.2. The Balaban J connectivity index is 1.64. The quantitative estimate of drug-likeness (QED) is 0.474. The molecule has 0 aromatic heterocycles. The molecule has 2 unspecified atom stereocenters. The lowest BCUT2D eigenvalue weighted by Crippen LogP contribution is -2.45. The van der Waals surface area contributed by atoms with Crippen LogP contribution in [0, 0.1) is 0 Å². The Morgan fingerprint density at radius 2 is 1.72 bits per heavy atom. The van der Waals surface area contributed by atoms with Gasteiger partial charge in [-0.3, -0.25) is 9.59 Å². The van der Waals surface area contributed by atoms with Crippen LogP contribution >= 0.6 is 0 Å². The van der Waals surface area contributed by atoms with Gasteiger partial charge in [0.15, 0.2) is 0 Å². The predicted octanol–water partition coefficient (Wildman–Crippen LogP) is 4.31. The van der Waals surface area contributed by atoms with E-state index in [1.807, 2.05) is 37.3 Å². The first-order valence-corrected chi connectivity index (χ1v) is 12.1. The normalized spacial score (nSPS) is 15.6. The number of nitrogens with one attached hydrogen (secondary N) is 2. The predicted molar refractivity (Wildman–Crippen MR) is 130 cm³/mol. The van der Waals surface area contributed by atoms with Crippen LogP contribution in [0.5, 0.6) is 5.75 Å². The number of morpholine rings is 1. The van der Waals surface area contributed by atoms with Crippen molar-refractivity contribution in [3.05, 3.63) is 60.2 Å². The van der Waals surface area contributed by atoms with Crippen LogP contribution in [0.1, 0.15) is 37.7 Å². The Morgan fingerprint density at radius 3 is 2.33 bits per heavy atom. The Labute approximate surface area is 208 Å². The number of alkyl halides is 3. The lowest BCUT2D eigenvalue weighted by atomic mass is 9.93. The Kier molecular flexibility index (Phi) is 9.98. The molecule has 0 aliphatic carbocycles. The molecule has 1 saturated heterocycles. The summed E-state index contributed by atoms with van der Waals surface area (Å²) in [7, 11) is 0. The van der Waals surface area contributed by atoms with Crippen LogP contribution in [0.2, 0.25) is 0 Å². The van der Waals surface area contributed by atoms with E-state index in [2.05, 4.69) is 15.4 Å². The minimum atomic E-state index is -4.75. The number of hydrogen-bond donors (Lipinski definition) is 2. The summed E-state index contributed by atoms with van der Waals surface area (Å²) in [5.74, 6) is -1.27. The Bertz CT molecular complexity index is 965. The summed E-state index contributed by atoms with van der Waals surface area (Å²) in [6.45, 7) is 4.37. The Hall–Kier alpha value is -3.27. The third kappa shape index (κ3) is 8.75. The topological polar surface area (TPSA) is 79.9 Å². The Morgan fingerprint density at radius 1 is 1.06 bits per heavy atom. The number of anilines is 1. The minimum Gasteiger partial charge on any atom is -0.406 e. The first-order valence-electron chi connectivity index (χ1n) is 12.1. The second-order valence-corrected chi connectivity index (χ2v) is 8.61.